The number of rotatable bonds is 9. The van der Waals surface area contributed by atoms with Gasteiger partial charge in [-0.3, -0.25) is 15.0 Å². The van der Waals surface area contributed by atoms with Crippen LogP contribution in [0, 0.1) is 20.8 Å². The fourth-order valence-electron chi connectivity index (χ4n) is 5.66. The number of nitrogens with zero attached hydrogens (tertiary/aromatic N) is 5. The molecule has 4 aromatic carbocycles. The maximum absolute atomic E-state index is 13.4. The molecular formula is C37H32F3N7O5S. The van der Waals surface area contributed by atoms with Gasteiger partial charge in [0, 0.05) is 5.56 Å². The number of alkyl halides is 3. The standard InChI is InChI=1S/C37H32F3N7O5S/c1-22-17-23(2)31(24(3)18-22)47-30(48)20-53-35(47)44-34(49)42-33(43-36(50)51-19-25-7-5-4-6-8-25)27-11-9-26(10-12-27)32-41-21-46(45-32)28-13-15-29(16-14-28)52-37(38,39)40/h4-18,21,33H,19-20H2,1-3H3,(H,42,49)(H,43,50)/b44-35-. The van der Waals surface area contributed by atoms with Crippen LogP contribution < -0.4 is 20.3 Å². The van der Waals surface area contributed by atoms with Crippen LogP contribution >= 0.6 is 11.8 Å². The number of aryl methyl sites for hydroxylation is 3. The van der Waals surface area contributed by atoms with Gasteiger partial charge in [0.05, 0.1) is 17.1 Å². The van der Waals surface area contributed by atoms with Gasteiger partial charge in [0.25, 0.3) is 0 Å². The number of halogens is 3. The zero-order chi connectivity index (χ0) is 37.7. The van der Waals surface area contributed by atoms with Gasteiger partial charge < -0.3 is 14.8 Å². The highest BCUT2D eigenvalue weighted by molar-refractivity contribution is 8.15. The Bertz CT molecular complexity index is 2140. The second-order valence-electron chi connectivity index (χ2n) is 11.9. The second-order valence-corrected chi connectivity index (χ2v) is 12.9. The summed E-state index contributed by atoms with van der Waals surface area (Å²) in [6.45, 7) is 5.73. The van der Waals surface area contributed by atoms with Gasteiger partial charge in [0.1, 0.15) is 24.8 Å². The number of aromatic nitrogens is 3. The molecule has 6 rings (SSSR count). The van der Waals surface area contributed by atoms with Gasteiger partial charge in [-0.25, -0.2) is 19.3 Å². The van der Waals surface area contributed by atoms with E-state index in [-0.39, 0.29) is 29.2 Å². The number of thioether (sulfide) groups is 1. The molecule has 0 bridgehead atoms. The number of carbonyl (C=O) groups excluding carboxylic acids is 3. The maximum Gasteiger partial charge on any atom is 0.573 e. The summed E-state index contributed by atoms with van der Waals surface area (Å²) in [5.74, 6) is -0.170. The van der Waals surface area contributed by atoms with Gasteiger partial charge in [-0.2, -0.15) is 4.99 Å². The van der Waals surface area contributed by atoms with Crippen LogP contribution in [0.3, 0.4) is 0 Å². The number of hydrogen-bond acceptors (Lipinski definition) is 8. The molecule has 0 aliphatic carbocycles. The molecule has 2 N–H and O–H groups in total. The average molecular weight is 744 g/mol. The molecule has 16 heteroatoms. The van der Waals surface area contributed by atoms with Crippen molar-refractivity contribution in [1.29, 1.82) is 0 Å². The Morgan fingerprint density at radius 1 is 0.943 bits per heavy atom. The van der Waals surface area contributed by atoms with Crippen LogP contribution in [0.25, 0.3) is 17.1 Å². The van der Waals surface area contributed by atoms with Crippen molar-refractivity contribution >= 4 is 40.6 Å². The highest BCUT2D eigenvalue weighted by atomic mass is 32.2. The molecule has 0 radical (unpaired) electrons. The fourth-order valence-corrected chi connectivity index (χ4v) is 6.51. The van der Waals surface area contributed by atoms with Crippen molar-refractivity contribution < 1.29 is 37.0 Å². The first-order valence-electron chi connectivity index (χ1n) is 16.1. The third-order valence-corrected chi connectivity index (χ3v) is 8.82. The Labute approximate surface area is 306 Å². The predicted molar refractivity (Wildman–Crippen MR) is 193 cm³/mol. The van der Waals surface area contributed by atoms with E-state index >= 15 is 0 Å². The molecule has 0 spiro atoms. The lowest BCUT2D eigenvalue weighted by molar-refractivity contribution is -0.274. The van der Waals surface area contributed by atoms with E-state index in [4.69, 9.17) is 4.74 Å². The third-order valence-electron chi connectivity index (χ3n) is 7.89. The van der Waals surface area contributed by atoms with Crippen LogP contribution in [-0.2, 0) is 16.1 Å². The summed E-state index contributed by atoms with van der Waals surface area (Å²) in [6, 6.07) is 24.0. The fraction of sp³-hybridized carbons (Fsp3) is 0.189. The van der Waals surface area contributed by atoms with Crippen LogP contribution in [0.5, 0.6) is 5.75 Å². The molecule has 2 heterocycles. The number of ether oxygens (including phenoxy) is 2. The van der Waals surface area contributed by atoms with Crippen molar-refractivity contribution in [2.75, 3.05) is 10.7 Å². The molecule has 1 aromatic heterocycles. The van der Waals surface area contributed by atoms with E-state index in [0.717, 1.165) is 34.0 Å². The monoisotopic (exact) mass is 743 g/mol. The van der Waals surface area contributed by atoms with Crippen molar-refractivity contribution in [2.45, 2.75) is 39.9 Å². The van der Waals surface area contributed by atoms with Crippen molar-refractivity contribution in [3.8, 4) is 22.8 Å². The zero-order valence-electron chi connectivity index (χ0n) is 28.5. The van der Waals surface area contributed by atoms with Gasteiger partial charge in [0.15, 0.2) is 11.0 Å². The first-order valence-corrected chi connectivity index (χ1v) is 17.1. The Kier molecular flexibility index (Phi) is 10.8. The minimum Gasteiger partial charge on any atom is -0.445 e. The van der Waals surface area contributed by atoms with Gasteiger partial charge in [-0.05, 0) is 67.3 Å². The Morgan fingerprint density at radius 2 is 1.62 bits per heavy atom. The molecule has 12 nitrogen and oxygen atoms in total. The van der Waals surface area contributed by atoms with Gasteiger partial charge >= 0.3 is 18.5 Å². The SMILES string of the molecule is Cc1cc(C)c(N2C(=O)CS/C2=N\C(=O)NC(NC(=O)OCc2ccccc2)c2ccc(-c3ncn(-c4ccc(OC(F)(F)F)cc4)n3)cc2)c(C)c1. The number of amidine groups is 1. The van der Waals surface area contributed by atoms with E-state index < -0.39 is 24.7 Å². The van der Waals surface area contributed by atoms with Crippen molar-refractivity contribution in [3.63, 3.8) is 0 Å². The van der Waals surface area contributed by atoms with E-state index in [0.29, 0.717) is 28.3 Å². The van der Waals surface area contributed by atoms with Crippen molar-refractivity contribution in [2.24, 2.45) is 4.99 Å². The van der Waals surface area contributed by atoms with E-state index in [1.165, 1.54) is 40.2 Å². The van der Waals surface area contributed by atoms with E-state index in [2.05, 4.69) is 30.4 Å². The smallest absolute Gasteiger partial charge is 0.445 e. The summed E-state index contributed by atoms with van der Waals surface area (Å²) in [5.41, 5.74) is 5.66. The largest absolute Gasteiger partial charge is 0.573 e. The van der Waals surface area contributed by atoms with Gasteiger partial charge in [-0.15, -0.1) is 18.3 Å². The highest BCUT2D eigenvalue weighted by Crippen LogP contribution is 2.33. The molecule has 5 aromatic rings. The summed E-state index contributed by atoms with van der Waals surface area (Å²) in [4.78, 5) is 49.4. The lowest BCUT2D eigenvalue weighted by Crippen LogP contribution is -2.41. The topological polar surface area (TPSA) is 140 Å². The highest BCUT2D eigenvalue weighted by Gasteiger charge is 2.33. The van der Waals surface area contributed by atoms with Crippen LogP contribution in [0.4, 0.5) is 28.4 Å². The van der Waals surface area contributed by atoms with Gasteiger partial charge in [0.2, 0.25) is 5.91 Å². The molecule has 1 saturated heterocycles. The third kappa shape index (κ3) is 9.20. The number of urea groups is 1. The molecule has 1 unspecified atom stereocenters. The van der Waals surface area contributed by atoms with E-state index in [1.807, 2.05) is 51.1 Å². The lowest BCUT2D eigenvalue weighted by Gasteiger charge is -2.22. The van der Waals surface area contributed by atoms with Crippen molar-refractivity contribution in [3.05, 3.63) is 125 Å². The Hall–Kier alpha value is -6.16. The first-order chi connectivity index (χ1) is 25.3. The Balaban J connectivity index is 1.21. The maximum atomic E-state index is 13.4. The number of carbonyl (C=O) groups is 3. The molecule has 1 atom stereocenters. The number of amides is 4. The van der Waals surface area contributed by atoms with Gasteiger partial charge in [-0.1, -0.05) is 84.1 Å². The number of hydrogen-bond donors (Lipinski definition) is 2. The molecule has 1 aliphatic heterocycles. The minimum absolute atomic E-state index is 0.00997. The second kappa shape index (κ2) is 15.6. The van der Waals surface area contributed by atoms with Crippen LogP contribution in [0.2, 0.25) is 0 Å². The Morgan fingerprint density at radius 3 is 2.28 bits per heavy atom. The quantitative estimate of drug-likeness (QED) is 0.148. The van der Waals surface area contributed by atoms with Crippen LogP contribution in [0.1, 0.15) is 34.0 Å². The number of anilines is 1. The molecule has 272 valence electrons. The summed E-state index contributed by atoms with van der Waals surface area (Å²) < 4.78 is 48.3. The summed E-state index contributed by atoms with van der Waals surface area (Å²) in [7, 11) is 0. The average Bonchev–Trinajstić information content (AvgIpc) is 3.74. The number of aliphatic imine (C=N–C) groups is 1. The number of alkyl carbamates (subject to hydrolysis) is 1. The molecule has 1 aliphatic rings. The molecule has 1 fully saturated rings. The predicted octanol–water partition coefficient (Wildman–Crippen LogP) is 7.53. The summed E-state index contributed by atoms with van der Waals surface area (Å²) >= 11 is 1.13. The van der Waals surface area contributed by atoms with Crippen LogP contribution in [0.15, 0.2) is 102 Å². The molecule has 53 heavy (non-hydrogen) atoms. The van der Waals surface area contributed by atoms with E-state index in [9.17, 15) is 27.6 Å². The zero-order valence-corrected chi connectivity index (χ0v) is 29.4. The molecule has 4 amide bonds. The lowest BCUT2D eigenvalue weighted by atomic mass is 10.0. The summed E-state index contributed by atoms with van der Waals surface area (Å²) in [5, 5.41) is 10.0. The number of nitrogens with one attached hydrogen (secondary N) is 2. The molecular weight excluding hydrogens is 712 g/mol. The number of benzene rings is 4. The normalized spacial score (nSPS) is 14.3. The first kappa shape index (κ1) is 36.6. The molecule has 0 saturated carbocycles. The summed E-state index contributed by atoms with van der Waals surface area (Å²) in [6.07, 6.45) is -5.31. The van der Waals surface area contributed by atoms with Crippen LogP contribution in [-0.4, -0.2) is 50.1 Å². The van der Waals surface area contributed by atoms with E-state index in [1.54, 1.807) is 36.4 Å². The van der Waals surface area contributed by atoms with Crippen molar-refractivity contribution in [1.82, 2.24) is 25.4 Å². The minimum atomic E-state index is -4.81.